The number of nitrogens with zero attached hydrogens (tertiary/aromatic N) is 1. The van der Waals surface area contributed by atoms with Crippen molar-refractivity contribution in [3.8, 4) is 11.1 Å². The van der Waals surface area contributed by atoms with Crippen LogP contribution in [0.2, 0.25) is 0 Å². The molecule has 0 saturated heterocycles. The molecule has 2 aromatic carbocycles. The molecule has 3 rings (SSSR count). The first-order valence-electron chi connectivity index (χ1n) is 22.7. The Labute approximate surface area is 371 Å². The van der Waals surface area contributed by atoms with Crippen molar-refractivity contribution in [2.45, 2.75) is 44.9 Å². The van der Waals surface area contributed by atoms with Gasteiger partial charge in [0.05, 0.1) is 152 Å². The van der Waals surface area contributed by atoms with Gasteiger partial charge in [-0.3, -0.25) is 0 Å². The third kappa shape index (κ3) is 26.1. The van der Waals surface area contributed by atoms with Gasteiger partial charge in [-0.15, -0.1) is 0 Å². The Hall–Kier alpha value is -2.77. The van der Waals surface area contributed by atoms with E-state index in [-0.39, 0.29) is 12.0 Å². The average molecular weight is 880 g/mol. The smallest absolute Gasteiger partial charge is 0.409 e. The molecule has 0 atom stereocenters. The third-order valence-corrected chi connectivity index (χ3v) is 9.70. The van der Waals surface area contributed by atoms with Crippen LogP contribution in [0.4, 0.5) is 4.79 Å². The van der Waals surface area contributed by atoms with Crippen molar-refractivity contribution in [2.24, 2.45) is 0 Å². The summed E-state index contributed by atoms with van der Waals surface area (Å²) >= 11 is 0. The molecule has 0 spiro atoms. The van der Waals surface area contributed by atoms with Gasteiger partial charge >= 0.3 is 6.09 Å². The quantitative estimate of drug-likeness (QED) is 0.0715. The first-order valence-corrected chi connectivity index (χ1v) is 22.7. The minimum Gasteiger partial charge on any atom is -0.448 e. The zero-order chi connectivity index (χ0) is 43.8. The normalized spacial score (nSPS) is 12.2. The van der Waals surface area contributed by atoms with Crippen molar-refractivity contribution < 1.29 is 66.4 Å². The predicted molar refractivity (Wildman–Crippen MR) is 236 cm³/mol. The number of ether oxygens (including phenoxy) is 13. The molecule has 15 nitrogen and oxygen atoms in total. The van der Waals surface area contributed by atoms with Gasteiger partial charge in [-0.25, -0.2) is 4.79 Å². The molecule has 1 aliphatic rings. The van der Waals surface area contributed by atoms with E-state index in [0.29, 0.717) is 165 Å². The Balaban J connectivity index is 0.931. The lowest BCUT2D eigenvalue weighted by Gasteiger charge is -2.19. The van der Waals surface area contributed by atoms with Gasteiger partial charge in [0.15, 0.2) is 0 Å². The number of unbranched alkanes of at least 4 members (excludes halogenated alkanes) is 4. The van der Waals surface area contributed by atoms with Crippen LogP contribution in [-0.2, 0) is 61.6 Å². The van der Waals surface area contributed by atoms with Crippen molar-refractivity contribution >= 4 is 6.09 Å². The second-order valence-corrected chi connectivity index (χ2v) is 14.5. The van der Waals surface area contributed by atoms with E-state index in [1.807, 2.05) is 24.3 Å². The third-order valence-electron chi connectivity index (χ3n) is 9.70. The van der Waals surface area contributed by atoms with Crippen molar-refractivity contribution in [1.82, 2.24) is 4.90 Å². The minimum atomic E-state index is -0.364. The fourth-order valence-electron chi connectivity index (χ4n) is 6.33. The predicted octanol–water partition coefficient (Wildman–Crippen LogP) is 6.04. The average Bonchev–Trinajstić information content (AvgIpc) is 3.61. The number of hydrogen-bond donors (Lipinski definition) is 0. The Kier molecular flexibility index (Phi) is 33.4. The Bertz CT molecular complexity index is 1290. The van der Waals surface area contributed by atoms with Crippen LogP contribution < -0.4 is 0 Å². The number of fused-ring (bicyclic) bond motifs is 3. The van der Waals surface area contributed by atoms with Crippen LogP contribution in [0.25, 0.3) is 11.1 Å². The van der Waals surface area contributed by atoms with E-state index in [1.165, 1.54) is 52.8 Å². The molecule has 354 valence electrons. The maximum absolute atomic E-state index is 12.6. The lowest BCUT2D eigenvalue weighted by molar-refractivity contribution is -0.0284. The monoisotopic (exact) mass is 880 g/mol. The van der Waals surface area contributed by atoms with Gasteiger partial charge in [0.1, 0.15) is 6.61 Å². The minimum absolute atomic E-state index is 0.0372. The molecule has 15 heteroatoms. The molecule has 0 aliphatic heterocycles. The van der Waals surface area contributed by atoms with Gasteiger partial charge in [-0.05, 0) is 28.7 Å². The second kappa shape index (κ2) is 38.7. The van der Waals surface area contributed by atoms with Crippen molar-refractivity contribution in [1.29, 1.82) is 0 Å². The molecule has 1 aliphatic carbocycles. The van der Waals surface area contributed by atoms with Crippen LogP contribution in [-0.4, -0.2) is 190 Å². The number of carbonyl (C=O) groups is 1. The molecule has 0 unspecified atom stereocenters. The zero-order valence-electron chi connectivity index (χ0n) is 37.8. The summed E-state index contributed by atoms with van der Waals surface area (Å²) in [6.45, 7) is 15.3. The fraction of sp³-hybridized carbons (Fsp3) is 0.723. The molecule has 0 N–H and O–H groups in total. The first kappa shape index (κ1) is 53.6. The molecule has 2 aromatic rings. The molecule has 0 radical (unpaired) electrons. The Morgan fingerprint density at radius 1 is 0.419 bits per heavy atom. The van der Waals surface area contributed by atoms with Crippen molar-refractivity contribution in [3.05, 3.63) is 59.7 Å². The number of likely N-dealkylation sites (N-methyl/N-ethyl adjacent to an activating group) is 1. The summed E-state index contributed by atoms with van der Waals surface area (Å²) in [4.78, 5) is 14.2. The number of benzene rings is 2. The fourth-order valence-corrected chi connectivity index (χ4v) is 6.33. The SMILES string of the molecule is CCCCCCCOCCOCCOCCOCCOCCOCCOCCOCCOCCOCCOCCOCCN(C)C(=O)OCC1c2ccccc2-c2ccccc21. The van der Waals surface area contributed by atoms with Crippen LogP contribution >= 0.6 is 0 Å². The summed E-state index contributed by atoms with van der Waals surface area (Å²) in [7, 11) is 1.72. The molecule has 0 heterocycles. The summed E-state index contributed by atoms with van der Waals surface area (Å²) in [6, 6.07) is 16.6. The van der Waals surface area contributed by atoms with Gasteiger partial charge in [0.2, 0.25) is 0 Å². The van der Waals surface area contributed by atoms with Crippen molar-refractivity contribution in [2.75, 3.05) is 179 Å². The molecule has 1 amide bonds. The molecule has 0 bridgehead atoms. The number of amides is 1. The Morgan fingerprint density at radius 2 is 0.726 bits per heavy atom. The van der Waals surface area contributed by atoms with Crippen LogP contribution in [0, 0.1) is 0 Å². The largest absolute Gasteiger partial charge is 0.448 e. The highest BCUT2D eigenvalue weighted by molar-refractivity contribution is 5.79. The molecule has 0 saturated carbocycles. The summed E-state index contributed by atoms with van der Waals surface area (Å²) in [5.41, 5.74) is 4.80. The van der Waals surface area contributed by atoms with Crippen LogP contribution in [0.1, 0.15) is 56.1 Å². The summed E-state index contributed by atoms with van der Waals surface area (Å²) in [6.07, 6.45) is 5.89. The highest BCUT2D eigenvalue weighted by Crippen LogP contribution is 2.44. The molecule has 0 aromatic heterocycles. The number of carbonyl (C=O) groups excluding carboxylic acids is 1. The molecular formula is C47H77NO14. The van der Waals surface area contributed by atoms with Crippen LogP contribution in [0.3, 0.4) is 0 Å². The lowest BCUT2D eigenvalue weighted by atomic mass is 9.98. The maximum Gasteiger partial charge on any atom is 0.409 e. The standard InChI is InChI=1S/C47H77NO14/c1-3-4-5-6-11-17-50-19-21-52-23-25-54-27-29-56-31-33-58-35-37-60-39-40-61-38-36-59-34-32-57-30-28-55-26-24-53-22-20-51-18-16-48(2)47(49)62-41-46-44-14-9-7-12-42(44)43-13-8-10-15-45(43)46/h7-10,12-15,46H,3-6,11,16-41H2,1-2H3. The summed E-state index contributed by atoms with van der Waals surface area (Å²) in [5.74, 6) is 0.0372. The number of hydrogen-bond acceptors (Lipinski definition) is 14. The van der Waals surface area contributed by atoms with E-state index in [4.69, 9.17) is 61.6 Å². The second-order valence-electron chi connectivity index (χ2n) is 14.5. The topological polar surface area (TPSA) is 140 Å². The molecule has 62 heavy (non-hydrogen) atoms. The van der Waals surface area contributed by atoms with Crippen LogP contribution in [0.15, 0.2) is 48.5 Å². The van der Waals surface area contributed by atoms with E-state index < -0.39 is 0 Å². The van der Waals surface area contributed by atoms with E-state index >= 15 is 0 Å². The molecular weight excluding hydrogens is 803 g/mol. The summed E-state index contributed by atoms with van der Waals surface area (Å²) < 4.78 is 72.1. The van der Waals surface area contributed by atoms with Gasteiger partial charge in [0.25, 0.3) is 0 Å². The van der Waals surface area contributed by atoms with Crippen molar-refractivity contribution in [3.63, 3.8) is 0 Å². The van der Waals surface area contributed by atoms with E-state index in [1.54, 1.807) is 7.05 Å². The Morgan fingerprint density at radius 3 is 1.08 bits per heavy atom. The first-order chi connectivity index (χ1) is 30.7. The maximum atomic E-state index is 12.6. The lowest BCUT2D eigenvalue weighted by Crippen LogP contribution is -2.32. The van der Waals surface area contributed by atoms with Crippen LogP contribution in [0.5, 0.6) is 0 Å². The van der Waals surface area contributed by atoms with E-state index in [0.717, 1.165) is 13.0 Å². The number of rotatable bonds is 44. The molecule has 0 fully saturated rings. The zero-order valence-corrected chi connectivity index (χ0v) is 37.8. The van der Waals surface area contributed by atoms with Gasteiger partial charge in [-0.1, -0.05) is 81.1 Å². The highest BCUT2D eigenvalue weighted by atomic mass is 16.6. The van der Waals surface area contributed by atoms with Gasteiger partial charge in [-0.2, -0.15) is 0 Å². The van der Waals surface area contributed by atoms with Gasteiger partial charge in [0, 0.05) is 26.1 Å². The van der Waals surface area contributed by atoms with E-state index in [2.05, 4.69) is 31.2 Å². The highest BCUT2D eigenvalue weighted by Gasteiger charge is 2.29. The summed E-state index contributed by atoms with van der Waals surface area (Å²) in [5, 5.41) is 0. The van der Waals surface area contributed by atoms with Gasteiger partial charge < -0.3 is 66.5 Å². The van der Waals surface area contributed by atoms with E-state index in [9.17, 15) is 4.79 Å².